The fourth-order valence-corrected chi connectivity index (χ4v) is 2.39. The summed E-state index contributed by atoms with van der Waals surface area (Å²) in [6.07, 6.45) is 2.52. The summed E-state index contributed by atoms with van der Waals surface area (Å²) in [5.41, 5.74) is 8.20. The van der Waals surface area contributed by atoms with E-state index >= 15 is 0 Å². The van der Waals surface area contributed by atoms with Crippen LogP contribution in [0.3, 0.4) is 0 Å². The van der Waals surface area contributed by atoms with Crippen molar-refractivity contribution in [1.82, 2.24) is 9.78 Å². The molecule has 0 aliphatic carbocycles. The lowest BCUT2D eigenvalue weighted by atomic mass is 10.1. The van der Waals surface area contributed by atoms with Gasteiger partial charge in [-0.05, 0) is 53.9 Å². The lowest BCUT2D eigenvalue weighted by molar-refractivity contribution is 0.501. The number of benzene rings is 1. The predicted molar refractivity (Wildman–Crippen MR) is 89.6 cm³/mol. The molecule has 112 valence electrons. The van der Waals surface area contributed by atoms with Crippen molar-refractivity contribution >= 4 is 27.3 Å². The van der Waals surface area contributed by atoms with Crippen LogP contribution in [0.1, 0.15) is 25.5 Å². The molecule has 0 aliphatic rings. The molecular formula is C15H19BrN4O. The van der Waals surface area contributed by atoms with Crippen LogP contribution in [0.5, 0.6) is 0 Å². The van der Waals surface area contributed by atoms with Gasteiger partial charge in [0.25, 0.3) is 5.56 Å². The largest absolute Gasteiger partial charge is 0.399 e. The van der Waals surface area contributed by atoms with Gasteiger partial charge in [-0.2, -0.15) is 5.10 Å². The molecule has 21 heavy (non-hydrogen) atoms. The molecule has 5 nitrogen and oxygen atoms in total. The summed E-state index contributed by atoms with van der Waals surface area (Å²) in [4.78, 5) is 12.1. The zero-order valence-electron chi connectivity index (χ0n) is 12.1. The Morgan fingerprint density at radius 1 is 1.33 bits per heavy atom. The lowest BCUT2D eigenvalue weighted by Crippen LogP contribution is -2.26. The molecule has 0 atom stereocenters. The van der Waals surface area contributed by atoms with Crippen molar-refractivity contribution in [2.75, 3.05) is 17.6 Å². The van der Waals surface area contributed by atoms with E-state index in [-0.39, 0.29) is 11.6 Å². The van der Waals surface area contributed by atoms with Crippen LogP contribution in [0.2, 0.25) is 0 Å². The van der Waals surface area contributed by atoms with E-state index in [1.807, 2.05) is 38.1 Å². The maximum atomic E-state index is 12.1. The Morgan fingerprint density at radius 3 is 2.62 bits per heavy atom. The fourth-order valence-electron chi connectivity index (χ4n) is 1.96. The maximum absolute atomic E-state index is 12.1. The van der Waals surface area contributed by atoms with Gasteiger partial charge < -0.3 is 11.1 Å². The number of nitrogen functional groups attached to an aromatic ring is 1. The van der Waals surface area contributed by atoms with E-state index in [0.29, 0.717) is 10.2 Å². The smallest absolute Gasteiger partial charge is 0.283 e. The molecule has 1 heterocycles. The average molecular weight is 351 g/mol. The number of rotatable bonds is 5. The first-order valence-electron chi connectivity index (χ1n) is 6.84. The molecule has 0 aliphatic heterocycles. The van der Waals surface area contributed by atoms with E-state index in [1.54, 1.807) is 6.20 Å². The van der Waals surface area contributed by atoms with Gasteiger partial charge in [0.15, 0.2) is 0 Å². The average Bonchev–Trinajstić information content (AvgIpc) is 2.45. The highest BCUT2D eigenvalue weighted by atomic mass is 79.9. The number of anilines is 2. The molecule has 0 amide bonds. The van der Waals surface area contributed by atoms with Gasteiger partial charge in [0.05, 0.1) is 17.9 Å². The van der Waals surface area contributed by atoms with Gasteiger partial charge in [-0.25, -0.2) is 4.68 Å². The predicted octanol–water partition coefficient (Wildman–Crippen LogP) is 2.82. The summed E-state index contributed by atoms with van der Waals surface area (Å²) in [6, 6.07) is 7.81. The summed E-state index contributed by atoms with van der Waals surface area (Å²) in [5, 5.41) is 7.40. The molecule has 2 aromatic rings. The van der Waals surface area contributed by atoms with Gasteiger partial charge in [0, 0.05) is 12.2 Å². The Bertz CT molecular complexity index is 664. The number of hydrogen-bond acceptors (Lipinski definition) is 4. The SMILES string of the molecule is CC(C)n1ncc(NCCc2ccc(N)cc2)c(Br)c1=O. The number of nitrogens with two attached hydrogens (primary N) is 1. The van der Waals surface area contributed by atoms with Crippen LogP contribution < -0.4 is 16.6 Å². The van der Waals surface area contributed by atoms with Crippen molar-refractivity contribution in [3.05, 3.63) is 50.9 Å². The number of halogens is 1. The first kappa shape index (κ1) is 15.6. The number of aromatic nitrogens is 2. The third-order valence-corrected chi connectivity index (χ3v) is 3.91. The highest BCUT2D eigenvalue weighted by Crippen LogP contribution is 2.17. The second-order valence-electron chi connectivity index (χ2n) is 5.13. The van der Waals surface area contributed by atoms with Crippen LogP contribution in [-0.4, -0.2) is 16.3 Å². The third kappa shape index (κ3) is 3.85. The molecular weight excluding hydrogens is 332 g/mol. The van der Waals surface area contributed by atoms with Crippen molar-refractivity contribution in [3.8, 4) is 0 Å². The Morgan fingerprint density at radius 2 is 2.00 bits per heavy atom. The Balaban J connectivity index is 2.02. The van der Waals surface area contributed by atoms with Gasteiger partial charge in [-0.15, -0.1) is 0 Å². The number of hydrogen-bond donors (Lipinski definition) is 2. The monoisotopic (exact) mass is 350 g/mol. The molecule has 0 saturated carbocycles. The fraction of sp³-hybridized carbons (Fsp3) is 0.333. The van der Waals surface area contributed by atoms with Crippen LogP contribution in [-0.2, 0) is 6.42 Å². The Kier molecular flexibility index (Phi) is 5.01. The summed E-state index contributed by atoms with van der Waals surface area (Å²) >= 11 is 3.34. The van der Waals surface area contributed by atoms with E-state index in [4.69, 9.17) is 5.73 Å². The molecule has 3 N–H and O–H groups in total. The summed E-state index contributed by atoms with van der Waals surface area (Å²) < 4.78 is 1.97. The molecule has 1 aromatic carbocycles. The normalized spacial score (nSPS) is 10.9. The van der Waals surface area contributed by atoms with Crippen molar-refractivity contribution in [2.45, 2.75) is 26.3 Å². The van der Waals surface area contributed by atoms with Crippen molar-refractivity contribution < 1.29 is 0 Å². The second-order valence-corrected chi connectivity index (χ2v) is 5.93. The van der Waals surface area contributed by atoms with Gasteiger partial charge in [0.2, 0.25) is 0 Å². The van der Waals surface area contributed by atoms with E-state index in [1.165, 1.54) is 10.2 Å². The minimum Gasteiger partial charge on any atom is -0.399 e. The van der Waals surface area contributed by atoms with Gasteiger partial charge in [-0.3, -0.25) is 4.79 Å². The molecule has 2 rings (SSSR count). The quantitative estimate of drug-likeness (QED) is 0.813. The van der Waals surface area contributed by atoms with E-state index in [9.17, 15) is 4.79 Å². The molecule has 1 aromatic heterocycles. The van der Waals surface area contributed by atoms with Crippen molar-refractivity contribution in [1.29, 1.82) is 0 Å². The Hall–Kier alpha value is -1.82. The summed E-state index contributed by atoms with van der Waals surface area (Å²) in [7, 11) is 0. The summed E-state index contributed by atoms with van der Waals surface area (Å²) in [5.74, 6) is 0. The van der Waals surface area contributed by atoms with E-state index in [0.717, 1.165) is 18.7 Å². The van der Waals surface area contributed by atoms with E-state index < -0.39 is 0 Å². The highest BCUT2D eigenvalue weighted by molar-refractivity contribution is 9.10. The number of nitrogens with one attached hydrogen (secondary N) is 1. The topological polar surface area (TPSA) is 72.9 Å². The zero-order valence-corrected chi connectivity index (χ0v) is 13.7. The Labute approximate surface area is 132 Å². The molecule has 0 saturated heterocycles. The first-order chi connectivity index (χ1) is 9.99. The molecule has 0 bridgehead atoms. The maximum Gasteiger partial charge on any atom is 0.283 e. The van der Waals surface area contributed by atoms with Crippen LogP contribution in [0.25, 0.3) is 0 Å². The second kappa shape index (κ2) is 6.76. The molecule has 0 unspecified atom stereocenters. The van der Waals surface area contributed by atoms with Gasteiger partial charge >= 0.3 is 0 Å². The van der Waals surface area contributed by atoms with Crippen LogP contribution in [0, 0.1) is 0 Å². The van der Waals surface area contributed by atoms with Gasteiger partial charge in [0.1, 0.15) is 4.47 Å². The minimum atomic E-state index is -0.123. The van der Waals surface area contributed by atoms with Crippen molar-refractivity contribution in [3.63, 3.8) is 0 Å². The first-order valence-corrected chi connectivity index (χ1v) is 7.64. The van der Waals surface area contributed by atoms with Crippen LogP contribution in [0.15, 0.2) is 39.7 Å². The van der Waals surface area contributed by atoms with Crippen LogP contribution >= 0.6 is 15.9 Å². The molecule has 0 radical (unpaired) electrons. The minimum absolute atomic E-state index is 0.0395. The van der Waals surface area contributed by atoms with Crippen LogP contribution in [0.4, 0.5) is 11.4 Å². The molecule has 0 fully saturated rings. The molecule has 0 spiro atoms. The van der Waals surface area contributed by atoms with Gasteiger partial charge in [-0.1, -0.05) is 12.1 Å². The summed E-state index contributed by atoms with van der Waals surface area (Å²) in [6.45, 7) is 4.57. The number of nitrogens with zero attached hydrogens (tertiary/aromatic N) is 2. The highest BCUT2D eigenvalue weighted by Gasteiger charge is 2.10. The third-order valence-electron chi connectivity index (χ3n) is 3.14. The molecule has 6 heteroatoms. The zero-order chi connectivity index (χ0) is 15.4. The van der Waals surface area contributed by atoms with Crippen molar-refractivity contribution in [2.24, 2.45) is 0 Å². The lowest BCUT2D eigenvalue weighted by Gasteiger charge is -2.12. The van der Waals surface area contributed by atoms with E-state index in [2.05, 4.69) is 26.3 Å². The standard InChI is InChI=1S/C15H19BrN4O/c1-10(2)20-15(21)14(16)13(9-19-20)18-8-7-11-3-5-12(17)6-4-11/h3-6,9-10,18H,7-8,17H2,1-2H3.